The van der Waals surface area contributed by atoms with Crippen LogP contribution in [0.5, 0.6) is 5.75 Å². The van der Waals surface area contributed by atoms with Crippen LogP contribution in [0.3, 0.4) is 0 Å². The first-order valence-electron chi connectivity index (χ1n) is 10.1. The molecule has 0 spiro atoms. The number of carbonyl (C=O) groups is 1. The number of rotatable bonds is 10. The van der Waals surface area contributed by atoms with Crippen LogP contribution in [0.2, 0.25) is 0 Å². The molecule has 0 saturated carbocycles. The molecule has 2 aromatic rings. The van der Waals surface area contributed by atoms with Crippen molar-refractivity contribution in [3.8, 4) is 5.75 Å². The first-order valence-corrected chi connectivity index (χ1v) is 10.1. The van der Waals surface area contributed by atoms with Gasteiger partial charge < -0.3 is 9.57 Å². The lowest BCUT2D eigenvalue weighted by molar-refractivity contribution is -0.123. The Labute approximate surface area is 177 Å². The Balaban J connectivity index is 2.46. The summed E-state index contributed by atoms with van der Waals surface area (Å²) in [5, 5.41) is 4.29. The number of nitrogens with zero attached hydrogens (tertiary/aromatic N) is 2. The second kappa shape index (κ2) is 11.8. The molecule has 0 fully saturated rings. The second-order valence-corrected chi connectivity index (χ2v) is 6.74. The molecule has 0 aliphatic carbocycles. The quantitative estimate of drug-likeness (QED) is 0.182. The zero-order valence-corrected chi connectivity index (χ0v) is 17.9. The molecule has 0 unspecified atom stereocenters. The summed E-state index contributed by atoms with van der Waals surface area (Å²) >= 11 is 0. The van der Waals surface area contributed by atoms with Gasteiger partial charge in [0.1, 0.15) is 18.2 Å². The van der Waals surface area contributed by atoms with Gasteiger partial charge in [0.05, 0.1) is 12.7 Å². The summed E-state index contributed by atoms with van der Waals surface area (Å²) in [4.78, 5) is 20.2. The van der Waals surface area contributed by atoms with E-state index in [0.717, 1.165) is 12.0 Å². The predicted molar refractivity (Wildman–Crippen MR) is 117 cm³/mol. The molecule has 0 aromatic heterocycles. The molecule has 160 valence electrons. The Hall–Kier alpha value is -3.15. The molecule has 0 aliphatic rings. The molecule has 6 heteroatoms. The van der Waals surface area contributed by atoms with E-state index in [2.05, 4.69) is 11.7 Å². The van der Waals surface area contributed by atoms with Crippen molar-refractivity contribution < 1.29 is 18.8 Å². The number of ether oxygens (including phenoxy) is 1. The second-order valence-electron chi connectivity index (χ2n) is 6.74. The number of carbonyl (C=O) groups excluding carboxylic acids is 1. The highest BCUT2D eigenvalue weighted by Crippen LogP contribution is 2.22. The van der Waals surface area contributed by atoms with Crippen LogP contribution in [-0.2, 0) is 16.1 Å². The molecule has 0 radical (unpaired) electrons. The van der Waals surface area contributed by atoms with E-state index < -0.39 is 0 Å². The van der Waals surface area contributed by atoms with Crippen LogP contribution in [0.4, 0.5) is 4.39 Å². The van der Waals surface area contributed by atoms with Crippen molar-refractivity contribution in [2.24, 2.45) is 5.16 Å². The highest BCUT2D eigenvalue weighted by atomic mass is 19.1. The number of oxime groups is 1. The molecule has 0 bridgehead atoms. The third-order valence-corrected chi connectivity index (χ3v) is 4.54. The topological polar surface area (TPSA) is 51.1 Å². The molecule has 0 atom stereocenters. The van der Waals surface area contributed by atoms with Crippen LogP contribution in [-0.4, -0.2) is 36.9 Å². The van der Waals surface area contributed by atoms with Gasteiger partial charge in [0.15, 0.2) is 5.84 Å². The maximum Gasteiger partial charge on any atom is 0.254 e. The van der Waals surface area contributed by atoms with E-state index in [4.69, 9.17) is 9.57 Å². The van der Waals surface area contributed by atoms with Gasteiger partial charge in [0.25, 0.3) is 5.91 Å². The fourth-order valence-corrected chi connectivity index (χ4v) is 2.85. The van der Waals surface area contributed by atoms with Crippen LogP contribution >= 0.6 is 0 Å². The Morgan fingerprint density at radius 1 is 1.17 bits per heavy atom. The van der Waals surface area contributed by atoms with Crippen LogP contribution in [0, 0.1) is 5.82 Å². The number of para-hydroxylation sites is 1. The normalized spacial score (nSPS) is 11.1. The van der Waals surface area contributed by atoms with Gasteiger partial charge in [0.2, 0.25) is 0 Å². The summed E-state index contributed by atoms with van der Waals surface area (Å²) in [6, 6.07) is 13.7. The number of amides is 1. The van der Waals surface area contributed by atoms with Crippen LogP contribution in [0.25, 0.3) is 0 Å². The van der Waals surface area contributed by atoms with Gasteiger partial charge >= 0.3 is 0 Å². The average Bonchev–Trinajstić information content (AvgIpc) is 2.77. The maximum absolute atomic E-state index is 13.6. The van der Waals surface area contributed by atoms with Gasteiger partial charge in [-0.1, -0.05) is 49.8 Å². The Kier molecular flexibility index (Phi) is 9.06. The molecular formula is C24H29FN2O3. The number of hydrogen-bond acceptors (Lipinski definition) is 4. The summed E-state index contributed by atoms with van der Waals surface area (Å²) < 4.78 is 19.1. The highest BCUT2D eigenvalue weighted by molar-refractivity contribution is 6.13. The lowest BCUT2D eigenvalue weighted by Gasteiger charge is -2.25. The summed E-state index contributed by atoms with van der Waals surface area (Å²) in [6.07, 6.45) is 1.73. The number of amidine groups is 1. The van der Waals surface area contributed by atoms with Gasteiger partial charge in [-0.2, -0.15) is 0 Å². The lowest BCUT2D eigenvalue weighted by atomic mass is 10.1. The molecular weight excluding hydrogens is 383 g/mol. The van der Waals surface area contributed by atoms with Crippen LogP contribution < -0.4 is 4.74 Å². The van der Waals surface area contributed by atoms with Crippen LogP contribution in [0.1, 0.15) is 37.8 Å². The third-order valence-electron chi connectivity index (χ3n) is 4.54. The minimum Gasteiger partial charge on any atom is -0.496 e. The SMILES string of the molecule is C=C(CC)C(=O)N(CCc1cccc(F)c1)/C(=N\OCCC)c1ccccc1OC. The van der Waals surface area contributed by atoms with E-state index in [-0.39, 0.29) is 18.3 Å². The first-order chi connectivity index (χ1) is 14.5. The zero-order chi connectivity index (χ0) is 21.9. The van der Waals surface area contributed by atoms with E-state index >= 15 is 0 Å². The van der Waals surface area contributed by atoms with Crippen molar-refractivity contribution in [2.45, 2.75) is 33.1 Å². The van der Waals surface area contributed by atoms with Gasteiger partial charge in [-0.3, -0.25) is 9.69 Å². The summed E-state index contributed by atoms with van der Waals surface area (Å²) in [6.45, 7) is 8.45. The summed E-state index contributed by atoms with van der Waals surface area (Å²) in [5.41, 5.74) is 1.86. The molecule has 1 amide bonds. The monoisotopic (exact) mass is 412 g/mol. The van der Waals surface area contributed by atoms with Crippen LogP contribution in [0.15, 0.2) is 65.8 Å². The largest absolute Gasteiger partial charge is 0.496 e. The van der Waals surface area contributed by atoms with Gasteiger partial charge in [-0.05, 0) is 49.1 Å². The third kappa shape index (κ3) is 6.17. The number of halogens is 1. The molecule has 2 aromatic carbocycles. The molecule has 5 nitrogen and oxygen atoms in total. The Morgan fingerprint density at radius 3 is 2.60 bits per heavy atom. The fraction of sp³-hybridized carbons (Fsp3) is 0.333. The molecule has 0 saturated heterocycles. The number of hydrogen-bond donors (Lipinski definition) is 0. The lowest BCUT2D eigenvalue weighted by Crippen LogP contribution is -2.40. The predicted octanol–water partition coefficient (Wildman–Crippen LogP) is 4.96. The highest BCUT2D eigenvalue weighted by Gasteiger charge is 2.25. The summed E-state index contributed by atoms with van der Waals surface area (Å²) in [7, 11) is 1.56. The smallest absolute Gasteiger partial charge is 0.254 e. The zero-order valence-electron chi connectivity index (χ0n) is 17.9. The minimum atomic E-state index is -0.312. The van der Waals surface area contributed by atoms with Crippen molar-refractivity contribution in [1.29, 1.82) is 0 Å². The number of benzene rings is 2. The van der Waals surface area contributed by atoms with Crippen molar-refractivity contribution in [3.05, 3.63) is 77.6 Å². The van der Waals surface area contributed by atoms with Gasteiger partial charge in [0, 0.05) is 12.1 Å². The molecule has 30 heavy (non-hydrogen) atoms. The van der Waals surface area contributed by atoms with Gasteiger partial charge in [-0.25, -0.2) is 4.39 Å². The van der Waals surface area contributed by atoms with E-state index in [1.165, 1.54) is 17.0 Å². The molecule has 0 N–H and O–H groups in total. The standard InChI is InChI=1S/C24H29FN2O3/c1-5-16-30-26-23(21-12-7-8-13-22(21)29-4)27(24(28)18(3)6-2)15-14-19-10-9-11-20(25)17-19/h7-13,17H,3,5-6,14-16H2,1-2,4H3/b26-23-. The van der Waals surface area contributed by atoms with Crippen molar-refractivity contribution in [3.63, 3.8) is 0 Å². The van der Waals surface area contributed by atoms with Gasteiger partial charge in [-0.15, -0.1) is 0 Å². The molecule has 0 heterocycles. The number of methoxy groups -OCH3 is 1. The fourth-order valence-electron chi connectivity index (χ4n) is 2.85. The minimum absolute atomic E-state index is 0.251. The summed E-state index contributed by atoms with van der Waals surface area (Å²) in [5.74, 6) is 0.353. The first kappa shape index (κ1) is 23.1. The molecule has 0 aliphatic heterocycles. The van der Waals surface area contributed by atoms with Crippen molar-refractivity contribution in [1.82, 2.24) is 4.90 Å². The average molecular weight is 413 g/mol. The van der Waals surface area contributed by atoms with Crippen molar-refractivity contribution in [2.75, 3.05) is 20.3 Å². The van der Waals surface area contributed by atoms with E-state index in [1.54, 1.807) is 19.2 Å². The Bertz CT molecular complexity index is 896. The maximum atomic E-state index is 13.6. The van der Waals surface area contributed by atoms with E-state index in [9.17, 15) is 9.18 Å². The Morgan fingerprint density at radius 2 is 1.93 bits per heavy atom. The van der Waals surface area contributed by atoms with Crippen molar-refractivity contribution >= 4 is 11.7 Å². The van der Waals surface area contributed by atoms with E-state index in [0.29, 0.717) is 42.2 Å². The van der Waals surface area contributed by atoms with E-state index in [1.807, 2.05) is 38.1 Å². The molecule has 2 rings (SSSR count).